The Bertz CT molecular complexity index is 842. The molecule has 168 valence electrons. The molecule has 1 aromatic carbocycles. The number of benzene rings is 1. The zero-order chi connectivity index (χ0) is 22.6. The van der Waals surface area contributed by atoms with Gasteiger partial charge < -0.3 is 24.8 Å². The Morgan fingerprint density at radius 3 is 2.55 bits per heavy atom. The van der Waals surface area contributed by atoms with Gasteiger partial charge in [-0.1, -0.05) is 44.2 Å². The van der Waals surface area contributed by atoms with Crippen LogP contribution in [0.15, 0.2) is 42.6 Å². The second kappa shape index (κ2) is 12.4. The van der Waals surface area contributed by atoms with Crippen molar-refractivity contribution in [3.05, 3.63) is 48.2 Å². The van der Waals surface area contributed by atoms with Crippen LogP contribution < -0.4 is 20.1 Å². The molecule has 0 saturated heterocycles. The lowest BCUT2D eigenvalue weighted by Crippen LogP contribution is -2.35. The zero-order valence-electron chi connectivity index (χ0n) is 18.5. The Labute approximate surface area is 183 Å². The van der Waals surface area contributed by atoms with E-state index in [2.05, 4.69) is 29.5 Å². The number of hydrogen-bond donors (Lipinski definition) is 2. The highest BCUT2D eigenvalue weighted by atomic mass is 16.5. The molecule has 0 fully saturated rings. The van der Waals surface area contributed by atoms with E-state index in [-0.39, 0.29) is 6.61 Å². The largest absolute Gasteiger partial charge is 0.488 e. The standard InChI is InChI=1S/C23H31N3O5/c1-16(2)9-8-12-30-21-13-19(14-24-22(21)29-4)25-23(28)26-20(15-31-17(3)27)18-10-6-5-7-11-18/h5-7,10-11,13-14,16,20H,8-9,12,15H2,1-4H3,(H2,25,26,28). The monoisotopic (exact) mass is 429 g/mol. The number of pyridine rings is 1. The van der Waals surface area contributed by atoms with Crippen molar-refractivity contribution in [2.45, 2.75) is 39.7 Å². The molecule has 1 aromatic heterocycles. The van der Waals surface area contributed by atoms with Gasteiger partial charge in [-0.15, -0.1) is 0 Å². The molecule has 1 heterocycles. The number of nitrogens with one attached hydrogen (secondary N) is 2. The summed E-state index contributed by atoms with van der Waals surface area (Å²) in [7, 11) is 1.52. The SMILES string of the molecule is COc1ncc(NC(=O)NC(COC(C)=O)c2ccccc2)cc1OCCCC(C)C. The lowest BCUT2D eigenvalue weighted by atomic mass is 10.1. The Balaban J connectivity index is 2.03. The maximum absolute atomic E-state index is 12.6. The highest BCUT2D eigenvalue weighted by Crippen LogP contribution is 2.28. The van der Waals surface area contributed by atoms with Crippen molar-refractivity contribution in [2.75, 3.05) is 25.6 Å². The highest BCUT2D eigenvalue weighted by molar-refractivity contribution is 5.89. The Kier molecular flexibility index (Phi) is 9.61. The van der Waals surface area contributed by atoms with Gasteiger partial charge in [0.15, 0.2) is 5.75 Å². The maximum Gasteiger partial charge on any atom is 0.319 e. The van der Waals surface area contributed by atoms with Gasteiger partial charge in [0.1, 0.15) is 6.61 Å². The first-order chi connectivity index (χ1) is 14.9. The molecular weight excluding hydrogens is 398 g/mol. The van der Waals surface area contributed by atoms with Crippen molar-refractivity contribution in [1.82, 2.24) is 10.3 Å². The van der Waals surface area contributed by atoms with Crippen LogP contribution in [0.2, 0.25) is 0 Å². The van der Waals surface area contributed by atoms with Crippen LogP contribution in [-0.4, -0.2) is 37.3 Å². The third-order valence-corrected chi connectivity index (χ3v) is 4.41. The molecule has 2 rings (SSSR count). The molecule has 2 N–H and O–H groups in total. The third-order valence-electron chi connectivity index (χ3n) is 4.41. The highest BCUT2D eigenvalue weighted by Gasteiger charge is 2.17. The lowest BCUT2D eigenvalue weighted by Gasteiger charge is -2.19. The minimum atomic E-state index is -0.497. The summed E-state index contributed by atoms with van der Waals surface area (Å²) in [6.07, 6.45) is 3.45. The predicted octanol–water partition coefficient (Wildman–Crippen LogP) is 4.33. The number of esters is 1. The van der Waals surface area contributed by atoms with Crippen LogP contribution in [0.4, 0.5) is 10.5 Å². The van der Waals surface area contributed by atoms with Crippen LogP contribution in [0.1, 0.15) is 45.2 Å². The molecule has 0 aliphatic heterocycles. The topological polar surface area (TPSA) is 98.8 Å². The van der Waals surface area contributed by atoms with Gasteiger partial charge in [-0.25, -0.2) is 9.78 Å². The lowest BCUT2D eigenvalue weighted by molar-refractivity contribution is -0.141. The first-order valence-corrected chi connectivity index (χ1v) is 10.3. The maximum atomic E-state index is 12.6. The van der Waals surface area contributed by atoms with Crippen LogP contribution >= 0.6 is 0 Å². The van der Waals surface area contributed by atoms with E-state index in [1.165, 1.54) is 20.2 Å². The average Bonchev–Trinajstić information content (AvgIpc) is 2.74. The first kappa shape index (κ1) is 24.0. The number of ether oxygens (including phenoxy) is 3. The van der Waals surface area contributed by atoms with E-state index in [1.807, 2.05) is 30.3 Å². The van der Waals surface area contributed by atoms with E-state index in [9.17, 15) is 9.59 Å². The molecule has 31 heavy (non-hydrogen) atoms. The predicted molar refractivity (Wildman–Crippen MR) is 118 cm³/mol. The van der Waals surface area contributed by atoms with Gasteiger partial charge in [0, 0.05) is 13.0 Å². The molecule has 0 bridgehead atoms. The average molecular weight is 430 g/mol. The minimum Gasteiger partial charge on any atom is -0.488 e. The van der Waals surface area contributed by atoms with Crippen molar-refractivity contribution in [3.63, 3.8) is 0 Å². The summed E-state index contributed by atoms with van der Waals surface area (Å²) in [5.41, 5.74) is 1.28. The summed E-state index contributed by atoms with van der Waals surface area (Å²) in [5.74, 6) is 1.00. The number of urea groups is 1. The molecule has 2 amide bonds. The fourth-order valence-electron chi connectivity index (χ4n) is 2.86. The number of hydrogen-bond acceptors (Lipinski definition) is 6. The smallest absolute Gasteiger partial charge is 0.319 e. The molecule has 0 spiro atoms. The second-order valence-corrected chi connectivity index (χ2v) is 7.48. The van der Waals surface area contributed by atoms with E-state index < -0.39 is 18.0 Å². The number of carbonyl (C=O) groups excluding carboxylic acids is 2. The number of carbonyl (C=O) groups is 2. The van der Waals surface area contributed by atoms with Gasteiger partial charge in [-0.05, 0) is 24.3 Å². The van der Waals surface area contributed by atoms with Crippen molar-refractivity contribution in [2.24, 2.45) is 5.92 Å². The van der Waals surface area contributed by atoms with Gasteiger partial charge in [-0.3, -0.25) is 4.79 Å². The molecule has 2 aromatic rings. The van der Waals surface area contributed by atoms with E-state index in [4.69, 9.17) is 14.2 Å². The van der Waals surface area contributed by atoms with Gasteiger partial charge in [0.25, 0.3) is 5.88 Å². The molecule has 1 unspecified atom stereocenters. The van der Waals surface area contributed by atoms with Crippen LogP contribution in [0.5, 0.6) is 11.6 Å². The van der Waals surface area contributed by atoms with Gasteiger partial charge in [-0.2, -0.15) is 0 Å². The van der Waals surface area contributed by atoms with Gasteiger partial charge >= 0.3 is 12.0 Å². The van der Waals surface area contributed by atoms with Crippen molar-refractivity contribution >= 4 is 17.7 Å². The Morgan fingerprint density at radius 2 is 1.90 bits per heavy atom. The normalized spacial score (nSPS) is 11.5. The summed E-state index contributed by atoms with van der Waals surface area (Å²) in [6, 6.07) is 10.0. The number of anilines is 1. The number of aromatic nitrogens is 1. The molecule has 8 nitrogen and oxygen atoms in total. The molecule has 0 aliphatic carbocycles. The summed E-state index contributed by atoms with van der Waals surface area (Å²) in [4.78, 5) is 28.0. The van der Waals surface area contributed by atoms with E-state index in [0.29, 0.717) is 29.8 Å². The van der Waals surface area contributed by atoms with Crippen molar-refractivity contribution in [3.8, 4) is 11.6 Å². The Morgan fingerprint density at radius 1 is 1.16 bits per heavy atom. The van der Waals surface area contributed by atoms with Gasteiger partial charge in [0.2, 0.25) is 0 Å². The molecule has 0 saturated carbocycles. The second-order valence-electron chi connectivity index (χ2n) is 7.48. The minimum absolute atomic E-state index is 0.0256. The van der Waals surface area contributed by atoms with Crippen molar-refractivity contribution in [1.29, 1.82) is 0 Å². The summed E-state index contributed by atoms with van der Waals surface area (Å²) in [6.45, 7) is 6.21. The fourth-order valence-corrected chi connectivity index (χ4v) is 2.86. The zero-order valence-corrected chi connectivity index (χ0v) is 18.5. The van der Waals surface area contributed by atoms with Crippen LogP contribution in [0.3, 0.4) is 0 Å². The van der Waals surface area contributed by atoms with Crippen LogP contribution in [0.25, 0.3) is 0 Å². The van der Waals surface area contributed by atoms with Crippen LogP contribution in [-0.2, 0) is 9.53 Å². The molecule has 0 aliphatic rings. The first-order valence-electron chi connectivity index (χ1n) is 10.3. The number of amides is 2. The summed E-state index contributed by atoms with van der Waals surface area (Å²) in [5, 5.41) is 5.56. The molecule has 8 heteroatoms. The van der Waals surface area contributed by atoms with E-state index in [0.717, 1.165) is 18.4 Å². The van der Waals surface area contributed by atoms with Crippen LogP contribution in [0, 0.1) is 5.92 Å². The summed E-state index contributed by atoms with van der Waals surface area (Å²) < 4.78 is 16.1. The molecule has 1 atom stereocenters. The summed E-state index contributed by atoms with van der Waals surface area (Å²) >= 11 is 0. The Hall–Kier alpha value is -3.29. The van der Waals surface area contributed by atoms with Crippen molar-refractivity contribution < 1.29 is 23.8 Å². The molecule has 0 radical (unpaired) electrons. The van der Waals surface area contributed by atoms with Gasteiger partial charge in [0.05, 0.1) is 31.6 Å². The number of methoxy groups -OCH3 is 1. The number of nitrogens with zero attached hydrogens (tertiary/aromatic N) is 1. The fraction of sp³-hybridized carbons (Fsp3) is 0.435. The molecular formula is C23H31N3O5. The van der Waals surface area contributed by atoms with E-state index >= 15 is 0 Å². The third kappa shape index (κ3) is 8.54. The quantitative estimate of drug-likeness (QED) is 0.407. The number of rotatable bonds is 11. The van der Waals surface area contributed by atoms with E-state index in [1.54, 1.807) is 6.07 Å².